The molecule has 0 fully saturated rings. The summed E-state index contributed by atoms with van der Waals surface area (Å²) in [6.07, 6.45) is 0. The van der Waals surface area contributed by atoms with E-state index in [4.69, 9.17) is 5.73 Å². The Hall–Kier alpha value is -1.97. The number of hydrogen-bond donors (Lipinski definition) is 1. The first-order chi connectivity index (χ1) is 8.36. The van der Waals surface area contributed by atoms with Gasteiger partial charge in [-0.1, -0.05) is 45.0 Å². The molecule has 0 saturated heterocycles. The lowest BCUT2D eigenvalue weighted by Gasteiger charge is -2.19. The topological polar surface area (TPSA) is 64.7 Å². The van der Waals surface area contributed by atoms with Crippen LogP contribution in [-0.4, -0.2) is 15.0 Å². The molecule has 0 amide bonds. The van der Waals surface area contributed by atoms with E-state index in [0.29, 0.717) is 11.6 Å². The van der Waals surface area contributed by atoms with E-state index in [1.165, 1.54) is 5.56 Å². The van der Waals surface area contributed by atoms with E-state index < -0.39 is 0 Å². The second kappa shape index (κ2) is 4.37. The molecule has 2 rings (SSSR count). The molecule has 0 spiro atoms. The van der Waals surface area contributed by atoms with Crippen LogP contribution in [0, 0.1) is 6.92 Å². The van der Waals surface area contributed by atoms with Gasteiger partial charge in [-0.3, -0.25) is 0 Å². The zero-order valence-electron chi connectivity index (χ0n) is 11.2. The number of nitrogen functional groups attached to an aromatic ring is 1. The van der Waals surface area contributed by atoms with E-state index >= 15 is 0 Å². The predicted molar refractivity (Wildman–Crippen MR) is 73.1 cm³/mol. The maximum absolute atomic E-state index is 5.63. The van der Waals surface area contributed by atoms with Gasteiger partial charge < -0.3 is 5.73 Å². The molecule has 1 heterocycles. The quantitative estimate of drug-likeness (QED) is 0.835. The van der Waals surface area contributed by atoms with Crippen LogP contribution in [0.2, 0.25) is 0 Å². The van der Waals surface area contributed by atoms with Gasteiger partial charge in [0.1, 0.15) is 5.82 Å². The van der Waals surface area contributed by atoms with Gasteiger partial charge in [0.05, 0.1) is 0 Å². The normalized spacial score (nSPS) is 11.6. The van der Waals surface area contributed by atoms with Crippen LogP contribution in [0.4, 0.5) is 5.95 Å². The molecular weight excluding hydrogens is 224 g/mol. The zero-order valence-corrected chi connectivity index (χ0v) is 11.2. The molecule has 2 N–H and O–H groups in total. The molecule has 0 aliphatic carbocycles. The van der Waals surface area contributed by atoms with Crippen molar-refractivity contribution < 1.29 is 0 Å². The largest absolute Gasteiger partial charge is 0.368 e. The van der Waals surface area contributed by atoms with Gasteiger partial charge in [0, 0.05) is 5.56 Å². The lowest BCUT2D eigenvalue weighted by atomic mass is 9.87. The number of benzene rings is 1. The average molecular weight is 242 g/mol. The summed E-state index contributed by atoms with van der Waals surface area (Å²) in [6, 6.07) is 8.25. The fourth-order valence-corrected chi connectivity index (χ4v) is 1.75. The third-order valence-corrected chi connectivity index (χ3v) is 2.77. The molecule has 0 aliphatic heterocycles. The molecule has 0 atom stereocenters. The highest BCUT2D eigenvalue weighted by Gasteiger charge is 2.13. The Balaban J connectivity index is 2.40. The summed E-state index contributed by atoms with van der Waals surface area (Å²) in [5.74, 6) is 1.52. The summed E-state index contributed by atoms with van der Waals surface area (Å²) < 4.78 is 0. The Morgan fingerprint density at radius 2 is 1.56 bits per heavy atom. The van der Waals surface area contributed by atoms with Crippen molar-refractivity contribution in [2.24, 2.45) is 0 Å². The van der Waals surface area contributed by atoms with Crippen molar-refractivity contribution in [1.82, 2.24) is 15.0 Å². The molecule has 1 aromatic heterocycles. The Morgan fingerprint density at radius 1 is 0.944 bits per heavy atom. The SMILES string of the molecule is Cc1nc(N)nc(-c2ccc(C(C)(C)C)cc2)n1. The van der Waals surface area contributed by atoms with E-state index in [2.05, 4.69) is 47.9 Å². The molecule has 94 valence electrons. The maximum atomic E-state index is 5.63. The first kappa shape index (κ1) is 12.5. The molecule has 0 saturated carbocycles. The lowest BCUT2D eigenvalue weighted by Crippen LogP contribution is -2.10. The summed E-state index contributed by atoms with van der Waals surface area (Å²) in [5, 5.41) is 0. The van der Waals surface area contributed by atoms with Crippen molar-refractivity contribution in [2.75, 3.05) is 5.73 Å². The van der Waals surface area contributed by atoms with Crippen molar-refractivity contribution in [3.8, 4) is 11.4 Å². The van der Waals surface area contributed by atoms with Crippen molar-refractivity contribution in [2.45, 2.75) is 33.1 Å². The number of rotatable bonds is 1. The molecule has 0 aliphatic rings. The van der Waals surface area contributed by atoms with Gasteiger partial charge in [-0.2, -0.15) is 9.97 Å². The highest BCUT2D eigenvalue weighted by Crippen LogP contribution is 2.24. The minimum absolute atomic E-state index is 0.145. The van der Waals surface area contributed by atoms with Crippen LogP contribution in [0.3, 0.4) is 0 Å². The number of anilines is 1. The second-order valence-electron chi connectivity index (χ2n) is 5.39. The molecule has 0 unspecified atom stereocenters. The number of nitrogens with two attached hydrogens (primary N) is 1. The molecule has 1 aromatic carbocycles. The van der Waals surface area contributed by atoms with E-state index in [1.807, 2.05) is 19.1 Å². The van der Waals surface area contributed by atoms with Gasteiger partial charge in [0.2, 0.25) is 5.95 Å². The average Bonchev–Trinajstić information content (AvgIpc) is 2.27. The van der Waals surface area contributed by atoms with Crippen molar-refractivity contribution in [3.63, 3.8) is 0 Å². The van der Waals surface area contributed by atoms with E-state index in [9.17, 15) is 0 Å². The van der Waals surface area contributed by atoms with E-state index in [0.717, 1.165) is 5.56 Å². The Morgan fingerprint density at radius 3 is 2.06 bits per heavy atom. The first-order valence-electron chi connectivity index (χ1n) is 5.95. The highest BCUT2D eigenvalue weighted by molar-refractivity contribution is 5.56. The Kier molecular flexibility index (Phi) is 3.03. The number of aromatic nitrogens is 3. The number of aryl methyl sites for hydroxylation is 1. The van der Waals surface area contributed by atoms with Crippen LogP contribution >= 0.6 is 0 Å². The van der Waals surface area contributed by atoms with Crippen LogP contribution in [0.25, 0.3) is 11.4 Å². The summed E-state index contributed by atoms with van der Waals surface area (Å²) in [6.45, 7) is 8.37. The molecular formula is C14H18N4. The van der Waals surface area contributed by atoms with Crippen molar-refractivity contribution in [1.29, 1.82) is 0 Å². The van der Waals surface area contributed by atoms with Crippen LogP contribution in [0.5, 0.6) is 0 Å². The fourth-order valence-electron chi connectivity index (χ4n) is 1.75. The first-order valence-corrected chi connectivity index (χ1v) is 5.95. The summed E-state index contributed by atoms with van der Waals surface area (Å²) in [5.41, 5.74) is 8.02. The smallest absolute Gasteiger partial charge is 0.223 e. The van der Waals surface area contributed by atoms with Gasteiger partial charge in [0.25, 0.3) is 0 Å². The third-order valence-electron chi connectivity index (χ3n) is 2.77. The lowest BCUT2D eigenvalue weighted by molar-refractivity contribution is 0.590. The molecule has 0 radical (unpaired) electrons. The van der Waals surface area contributed by atoms with Crippen LogP contribution in [-0.2, 0) is 5.41 Å². The highest BCUT2D eigenvalue weighted by atomic mass is 15.1. The fraction of sp³-hybridized carbons (Fsp3) is 0.357. The molecule has 4 nitrogen and oxygen atoms in total. The standard InChI is InChI=1S/C14H18N4/c1-9-16-12(18-13(15)17-9)10-5-7-11(8-6-10)14(2,3)4/h5-8H,1-4H3,(H2,15,16,17,18). The third kappa shape index (κ3) is 2.64. The zero-order chi connectivity index (χ0) is 13.3. The predicted octanol–water partition coefficient (Wildman–Crippen LogP) is 2.73. The second-order valence-corrected chi connectivity index (χ2v) is 5.39. The van der Waals surface area contributed by atoms with Gasteiger partial charge in [-0.15, -0.1) is 0 Å². The Bertz CT molecular complexity index is 533. The van der Waals surface area contributed by atoms with Crippen molar-refractivity contribution in [3.05, 3.63) is 35.7 Å². The van der Waals surface area contributed by atoms with E-state index in [1.54, 1.807) is 0 Å². The van der Waals surface area contributed by atoms with Gasteiger partial charge in [-0.05, 0) is 17.9 Å². The van der Waals surface area contributed by atoms with Crippen LogP contribution < -0.4 is 5.73 Å². The molecule has 0 bridgehead atoms. The maximum Gasteiger partial charge on any atom is 0.223 e. The van der Waals surface area contributed by atoms with E-state index in [-0.39, 0.29) is 11.4 Å². The minimum atomic E-state index is 0.145. The van der Waals surface area contributed by atoms with Gasteiger partial charge in [-0.25, -0.2) is 4.98 Å². The minimum Gasteiger partial charge on any atom is -0.368 e. The van der Waals surface area contributed by atoms with Gasteiger partial charge in [0.15, 0.2) is 5.82 Å². The van der Waals surface area contributed by atoms with Crippen LogP contribution in [0.1, 0.15) is 32.2 Å². The molecule has 2 aromatic rings. The van der Waals surface area contributed by atoms with Crippen molar-refractivity contribution >= 4 is 5.95 Å². The number of hydrogen-bond acceptors (Lipinski definition) is 4. The molecule has 18 heavy (non-hydrogen) atoms. The summed E-state index contributed by atoms with van der Waals surface area (Å²) >= 11 is 0. The Labute approximate surface area is 107 Å². The molecule has 4 heteroatoms. The summed E-state index contributed by atoms with van der Waals surface area (Å²) in [4.78, 5) is 12.4. The number of nitrogens with zero attached hydrogens (tertiary/aromatic N) is 3. The van der Waals surface area contributed by atoms with Gasteiger partial charge >= 0.3 is 0 Å². The monoisotopic (exact) mass is 242 g/mol. The summed E-state index contributed by atoms with van der Waals surface area (Å²) in [7, 11) is 0. The van der Waals surface area contributed by atoms with Crippen LogP contribution in [0.15, 0.2) is 24.3 Å².